The van der Waals surface area contributed by atoms with Crippen LogP contribution >= 0.6 is 0 Å². The van der Waals surface area contributed by atoms with Gasteiger partial charge in [0.05, 0.1) is 23.2 Å². The minimum Gasteiger partial charge on any atom is -0.481 e. The third kappa shape index (κ3) is 6.83. The van der Waals surface area contributed by atoms with E-state index in [2.05, 4.69) is 77.3 Å². The van der Waals surface area contributed by atoms with Crippen molar-refractivity contribution in [2.45, 2.75) is 153 Å². The van der Waals surface area contributed by atoms with Crippen LogP contribution in [-0.4, -0.2) is 82.4 Å². The standard InChI is InChI=1S/C49H76N4O5/c1-30(2)40-36(54)26-49(21-22-53(24-23-52(11)12)29-32-28-50-27-31(3)51-32)20-19-47(9)33(41(40)49)13-14-38-46(8)17-16-39(45(6,7)37(46)15-18-48(38,47)10)58-43(57)35-25-34(42(55)56)44(35,4)5/h27-28,30,33-35,37-39H,13-26,29H2,1-12H3,(H,55,56)/t33-,34+,35-,37+,38-,39+,46+,47-,48-,49-/m1/s1. The van der Waals surface area contributed by atoms with Crippen LogP contribution in [0.3, 0.4) is 0 Å². The molecule has 1 heterocycles. The van der Waals surface area contributed by atoms with Gasteiger partial charge < -0.3 is 14.7 Å². The van der Waals surface area contributed by atoms with Gasteiger partial charge in [-0.1, -0.05) is 67.9 Å². The molecule has 0 aromatic carbocycles. The molecule has 58 heavy (non-hydrogen) atoms. The Bertz CT molecular complexity index is 1820. The summed E-state index contributed by atoms with van der Waals surface area (Å²) < 4.78 is 6.46. The summed E-state index contributed by atoms with van der Waals surface area (Å²) in [7, 11) is 4.28. The summed E-state index contributed by atoms with van der Waals surface area (Å²) >= 11 is 0. The normalized spacial score (nSPS) is 38.8. The number of hydrogen-bond donors (Lipinski definition) is 1. The van der Waals surface area contributed by atoms with Crippen LogP contribution in [0.5, 0.6) is 0 Å². The minimum atomic E-state index is -0.816. The highest BCUT2D eigenvalue weighted by Crippen LogP contribution is 2.77. The van der Waals surface area contributed by atoms with Gasteiger partial charge in [0.25, 0.3) is 0 Å². The second-order valence-electron chi connectivity index (χ2n) is 22.7. The van der Waals surface area contributed by atoms with E-state index in [0.717, 1.165) is 94.5 Å². The summed E-state index contributed by atoms with van der Waals surface area (Å²) in [6.45, 7) is 26.5. The number of hydrogen-bond acceptors (Lipinski definition) is 8. The Kier molecular flexibility index (Phi) is 11.3. The average molecular weight is 801 g/mol. The Morgan fingerprint density at radius 3 is 2.22 bits per heavy atom. The van der Waals surface area contributed by atoms with Crippen molar-refractivity contribution in [1.29, 1.82) is 0 Å². The molecule has 5 saturated carbocycles. The van der Waals surface area contributed by atoms with Crippen LogP contribution in [0.4, 0.5) is 0 Å². The third-order valence-electron chi connectivity index (χ3n) is 18.6. The van der Waals surface area contributed by atoms with Crippen molar-refractivity contribution in [2.24, 2.45) is 68.0 Å². The summed E-state index contributed by atoms with van der Waals surface area (Å²) in [5, 5.41) is 9.70. The van der Waals surface area contributed by atoms with Gasteiger partial charge in [-0.05, 0) is 143 Å². The van der Waals surface area contributed by atoms with E-state index in [1.807, 2.05) is 33.2 Å². The molecule has 9 nitrogen and oxygen atoms in total. The maximum absolute atomic E-state index is 14.3. The Balaban J connectivity index is 1.13. The summed E-state index contributed by atoms with van der Waals surface area (Å²) in [5.74, 6) is 0.143. The number of carboxylic acid groups (broad SMARTS) is 1. The fourth-order valence-electron chi connectivity index (χ4n) is 15.0. The topological polar surface area (TPSA) is 113 Å². The Morgan fingerprint density at radius 1 is 0.862 bits per heavy atom. The number of aryl methyl sites for hydroxylation is 1. The molecule has 6 aliphatic carbocycles. The summed E-state index contributed by atoms with van der Waals surface area (Å²) in [6, 6.07) is 0. The van der Waals surface area contributed by atoms with E-state index in [0.29, 0.717) is 36.4 Å². The molecule has 0 unspecified atom stereocenters. The maximum Gasteiger partial charge on any atom is 0.309 e. The van der Waals surface area contributed by atoms with E-state index in [1.54, 1.807) is 5.57 Å². The Hall–Kier alpha value is -2.65. The van der Waals surface area contributed by atoms with Gasteiger partial charge >= 0.3 is 11.9 Å². The minimum absolute atomic E-state index is 0.0801. The molecule has 10 atom stereocenters. The molecule has 5 fully saturated rings. The first-order valence-electron chi connectivity index (χ1n) is 22.9. The van der Waals surface area contributed by atoms with E-state index >= 15 is 0 Å². The van der Waals surface area contributed by atoms with Crippen molar-refractivity contribution in [2.75, 3.05) is 33.7 Å². The molecule has 7 rings (SSSR count). The Morgan fingerprint density at radius 2 is 1.59 bits per heavy atom. The van der Waals surface area contributed by atoms with Gasteiger partial charge in [0, 0.05) is 49.3 Å². The number of carboxylic acids is 1. The number of carbonyl (C=O) groups excluding carboxylic acids is 2. The lowest BCUT2D eigenvalue weighted by Crippen LogP contribution is -2.66. The van der Waals surface area contributed by atoms with Crippen molar-refractivity contribution in [3.8, 4) is 0 Å². The van der Waals surface area contributed by atoms with Crippen molar-refractivity contribution in [3.05, 3.63) is 34.9 Å². The number of esters is 1. The molecule has 0 saturated heterocycles. The van der Waals surface area contributed by atoms with Gasteiger partial charge in [0.15, 0.2) is 5.78 Å². The van der Waals surface area contributed by atoms with Crippen molar-refractivity contribution in [1.82, 2.24) is 19.8 Å². The smallest absolute Gasteiger partial charge is 0.309 e. The molecule has 0 spiro atoms. The van der Waals surface area contributed by atoms with Crippen LogP contribution in [0.25, 0.3) is 0 Å². The lowest BCUT2D eigenvalue weighted by Gasteiger charge is -2.72. The van der Waals surface area contributed by atoms with Gasteiger partial charge in [-0.15, -0.1) is 0 Å². The van der Waals surface area contributed by atoms with Crippen LogP contribution in [-0.2, 0) is 25.7 Å². The van der Waals surface area contributed by atoms with E-state index in [9.17, 15) is 19.5 Å². The molecule has 0 bridgehead atoms. The highest BCUT2D eigenvalue weighted by Gasteiger charge is 2.70. The van der Waals surface area contributed by atoms with Crippen LogP contribution in [0.2, 0.25) is 0 Å². The number of aliphatic carboxylic acids is 1. The quantitative estimate of drug-likeness (QED) is 0.207. The first-order chi connectivity index (χ1) is 27.0. The molecule has 6 aliphatic rings. The lowest BCUT2D eigenvalue weighted by atomic mass is 9.33. The Labute approximate surface area is 349 Å². The zero-order chi connectivity index (χ0) is 42.4. The molecule has 1 aromatic heterocycles. The number of carbonyl (C=O) groups is 3. The van der Waals surface area contributed by atoms with Crippen LogP contribution in [0, 0.1) is 74.9 Å². The number of Topliss-reactive ketones (excluding diaryl/α,β-unsaturated/α-hetero) is 1. The molecular weight excluding hydrogens is 725 g/mol. The molecule has 0 radical (unpaired) electrons. The van der Waals surface area contributed by atoms with Gasteiger partial charge in [-0.3, -0.25) is 29.3 Å². The summed E-state index contributed by atoms with van der Waals surface area (Å²) in [4.78, 5) is 53.9. The molecule has 1 N–H and O–H groups in total. The lowest BCUT2D eigenvalue weighted by molar-refractivity contribution is -0.236. The highest BCUT2D eigenvalue weighted by molar-refractivity contribution is 6.00. The monoisotopic (exact) mass is 801 g/mol. The number of aromatic nitrogens is 2. The molecule has 9 heteroatoms. The number of ketones is 1. The van der Waals surface area contributed by atoms with Gasteiger partial charge in [-0.25, -0.2) is 0 Å². The van der Waals surface area contributed by atoms with Gasteiger partial charge in [-0.2, -0.15) is 0 Å². The SMILES string of the molecule is Cc1cncc(CN(CCN(C)C)CC[C@@]23CC[C@]4(C)[C@H](CC[C@@H]5[C@@]6(C)CC[C@H](OC(=O)[C@H]7C[C@@H](C(=O)O)C7(C)C)C(C)(C)[C@@H]6CC[C@]54C)C2=C(C(C)C)C(=O)C3)n1. The number of nitrogens with zero attached hydrogens (tertiary/aromatic N) is 4. The summed E-state index contributed by atoms with van der Waals surface area (Å²) in [6.07, 6.45) is 14.3. The molecule has 322 valence electrons. The average Bonchev–Trinajstić information content (AvgIpc) is 3.42. The zero-order valence-corrected chi connectivity index (χ0v) is 38.2. The third-order valence-corrected chi connectivity index (χ3v) is 18.6. The van der Waals surface area contributed by atoms with Crippen molar-refractivity contribution < 1.29 is 24.2 Å². The number of allylic oxidation sites excluding steroid dienone is 2. The first kappa shape index (κ1) is 43.4. The first-order valence-corrected chi connectivity index (χ1v) is 22.9. The second kappa shape index (κ2) is 15.1. The van der Waals surface area contributed by atoms with Crippen LogP contribution in [0.15, 0.2) is 23.5 Å². The number of rotatable bonds is 12. The predicted octanol–water partition coefficient (Wildman–Crippen LogP) is 9.18. The van der Waals surface area contributed by atoms with E-state index in [-0.39, 0.29) is 51.0 Å². The van der Waals surface area contributed by atoms with Crippen LogP contribution in [0.1, 0.15) is 144 Å². The number of ether oxygens (including phenoxy) is 1. The summed E-state index contributed by atoms with van der Waals surface area (Å²) in [5.41, 5.74) is 4.17. The van der Waals surface area contributed by atoms with Crippen molar-refractivity contribution >= 4 is 17.7 Å². The predicted molar refractivity (Wildman–Crippen MR) is 228 cm³/mol. The van der Waals surface area contributed by atoms with Crippen molar-refractivity contribution in [3.63, 3.8) is 0 Å². The van der Waals surface area contributed by atoms with Crippen LogP contribution < -0.4 is 0 Å². The molecule has 0 amide bonds. The number of likely N-dealkylation sites (N-methyl/N-ethyl adjacent to an activating group) is 1. The molecular formula is C49H76N4O5. The van der Waals surface area contributed by atoms with Gasteiger partial charge in [0.2, 0.25) is 0 Å². The van der Waals surface area contributed by atoms with E-state index in [1.165, 1.54) is 6.42 Å². The molecule has 0 aliphatic heterocycles. The molecule has 1 aromatic rings. The second-order valence-corrected chi connectivity index (χ2v) is 22.7. The van der Waals surface area contributed by atoms with Gasteiger partial charge in [0.1, 0.15) is 6.10 Å². The largest absolute Gasteiger partial charge is 0.481 e. The fourth-order valence-corrected chi connectivity index (χ4v) is 15.0. The zero-order valence-electron chi connectivity index (χ0n) is 38.2. The number of fused-ring (bicyclic) bond motifs is 7. The maximum atomic E-state index is 14.3. The van der Waals surface area contributed by atoms with E-state index < -0.39 is 17.3 Å². The van der Waals surface area contributed by atoms with E-state index in [4.69, 9.17) is 9.72 Å². The highest BCUT2D eigenvalue weighted by atomic mass is 16.5. The fraction of sp³-hybridized carbons (Fsp3) is 0.816.